The second-order valence-corrected chi connectivity index (χ2v) is 10.1. The van der Waals surface area contributed by atoms with Gasteiger partial charge in [-0.1, -0.05) is 24.3 Å². The van der Waals surface area contributed by atoms with Gasteiger partial charge in [-0.2, -0.15) is 0 Å². The van der Waals surface area contributed by atoms with Crippen molar-refractivity contribution in [3.8, 4) is 0 Å². The predicted octanol–water partition coefficient (Wildman–Crippen LogP) is 5.31. The molecular weight excluding hydrogens is 446 g/mol. The molecule has 0 radical (unpaired) electrons. The smallest absolute Gasteiger partial charge is 0.408 e. The lowest BCUT2D eigenvalue weighted by atomic mass is 9.85. The van der Waals surface area contributed by atoms with Crippen molar-refractivity contribution >= 4 is 23.8 Å². The maximum Gasteiger partial charge on any atom is 0.408 e. The molecule has 4 N–H and O–H groups in total. The average Bonchev–Trinajstić information content (AvgIpc) is 2.78. The van der Waals surface area contributed by atoms with Crippen LogP contribution < -0.4 is 16.4 Å². The molecular formula is C27H33N3O5. The van der Waals surface area contributed by atoms with Gasteiger partial charge in [0, 0.05) is 11.3 Å². The molecule has 186 valence electrons. The molecule has 2 aliphatic carbocycles. The Hall–Kier alpha value is -3.55. The number of hydrogen-bond donors (Lipinski definition) is 3. The highest BCUT2D eigenvalue weighted by Crippen LogP contribution is 2.37. The summed E-state index contributed by atoms with van der Waals surface area (Å²) in [5, 5.41) is 6.07. The third kappa shape index (κ3) is 5.75. The molecule has 0 saturated carbocycles. The molecule has 35 heavy (non-hydrogen) atoms. The van der Waals surface area contributed by atoms with Gasteiger partial charge in [0.15, 0.2) is 0 Å². The van der Waals surface area contributed by atoms with Crippen LogP contribution in [0, 0.1) is 0 Å². The van der Waals surface area contributed by atoms with Crippen molar-refractivity contribution in [3.63, 3.8) is 0 Å². The van der Waals surface area contributed by atoms with E-state index in [1.165, 1.54) is 0 Å². The zero-order valence-electron chi connectivity index (χ0n) is 20.5. The summed E-state index contributed by atoms with van der Waals surface area (Å²) in [5.74, 6) is -0.211. The Morgan fingerprint density at radius 2 is 1.63 bits per heavy atom. The van der Waals surface area contributed by atoms with Crippen molar-refractivity contribution in [2.45, 2.75) is 77.0 Å². The van der Waals surface area contributed by atoms with Crippen LogP contribution in [0.5, 0.6) is 0 Å². The van der Waals surface area contributed by atoms with Gasteiger partial charge in [-0.3, -0.25) is 4.79 Å². The lowest BCUT2D eigenvalue weighted by Gasteiger charge is -2.29. The van der Waals surface area contributed by atoms with E-state index in [9.17, 15) is 14.4 Å². The Bertz CT molecular complexity index is 1140. The van der Waals surface area contributed by atoms with Gasteiger partial charge < -0.3 is 25.8 Å². The van der Waals surface area contributed by atoms with E-state index in [1.807, 2.05) is 45.0 Å². The largest absolute Gasteiger partial charge is 0.444 e. The summed E-state index contributed by atoms with van der Waals surface area (Å²) in [4.78, 5) is 37.1. The van der Waals surface area contributed by atoms with Gasteiger partial charge in [0.25, 0.3) is 5.91 Å². The number of ether oxygens (including phenoxy) is 2. The molecule has 0 aliphatic heterocycles. The zero-order valence-corrected chi connectivity index (χ0v) is 20.5. The highest BCUT2D eigenvalue weighted by Gasteiger charge is 2.29. The van der Waals surface area contributed by atoms with E-state index >= 15 is 0 Å². The Labute approximate surface area is 205 Å². The van der Waals surface area contributed by atoms with Gasteiger partial charge >= 0.3 is 12.2 Å². The first-order chi connectivity index (χ1) is 16.6. The van der Waals surface area contributed by atoms with Crippen molar-refractivity contribution in [2.24, 2.45) is 5.73 Å². The molecule has 8 nitrogen and oxygen atoms in total. The van der Waals surface area contributed by atoms with Gasteiger partial charge in [0.2, 0.25) is 0 Å². The van der Waals surface area contributed by atoms with Gasteiger partial charge in [-0.15, -0.1) is 0 Å². The second kappa shape index (κ2) is 9.98. The summed E-state index contributed by atoms with van der Waals surface area (Å²) in [6.45, 7) is 5.50. The normalized spacial score (nSPS) is 19.1. The molecule has 1 unspecified atom stereocenters. The van der Waals surface area contributed by atoms with Crippen LogP contribution in [0.1, 0.15) is 91.2 Å². The van der Waals surface area contributed by atoms with E-state index in [0.717, 1.165) is 60.0 Å². The number of nitrogens with one attached hydrogen (secondary N) is 2. The summed E-state index contributed by atoms with van der Waals surface area (Å²) < 4.78 is 10.7. The molecule has 0 aromatic heterocycles. The van der Waals surface area contributed by atoms with Crippen LogP contribution in [0.4, 0.5) is 15.3 Å². The van der Waals surface area contributed by atoms with Crippen LogP contribution >= 0.6 is 0 Å². The monoisotopic (exact) mass is 479 g/mol. The number of rotatable bonds is 4. The Kier molecular flexibility index (Phi) is 7.00. The molecule has 0 fully saturated rings. The maximum absolute atomic E-state index is 13.4. The summed E-state index contributed by atoms with van der Waals surface area (Å²) in [6, 6.07) is 11.1. The molecule has 0 saturated heterocycles. The number of benzene rings is 2. The first-order valence-electron chi connectivity index (χ1n) is 12.1. The fourth-order valence-corrected chi connectivity index (χ4v) is 5.04. The predicted molar refractivity (Wildman–Crippen MR) is 132 cm³/mol. The third-order valence-electron chi connectivity index (χ3n) is 6.40. The van der Waals surface area contributed by atoms with E-state index in [4.69, 9.17) is 15.2 Å². The number of carbonyl (C=O) groups is 3. The number of amides is 3. The number of fused-ring (bicyclic) bond motifs is 2. The molecule has 3 amide bonds. The first kappa shape index (κ1) is 24.6. The molecule has 2 aliphatic rings. The number of anilines is 1. The minimum absolute atomic E-state index is 0.179. The van der Waals surface area contributed by atoms with E-state index in [1.54, 1.807) is 12.1 Å². The molecule has 0 heterocycles. The average molecular weight is 480 g/mol. The molecule has 2 atom stereocenters. The Morgan fingerprint density at radius 3 is 2.37 bits per heavy atom. The van der Waals surface area contributed by atoms with Crippen LogP contribution in [0.2, 0.25) is 0 Å². The fraction of sp³-hybridized carbons (Fsp3) is 0.444. The molecule has 2 aromatic carbocycles. The number of carbonyl (C=O) groups excluding carboxylic acids is 3. The quantitative estimate of drug-likeness (QED) is 0.549. The summed E-state index contributed by atoms with van der Waals surface area (Å²) >= 11 is 0. The first-order valence-corrected chi connectivity index (χ1v) is 12.1. The number of alkyl carbamates (subject to hydrolysis) is 1. The lowest BCUT2D eigenvalue weighted by Crippen LogP contribution is -2.36. The number of nitrogens with two attached hydrogens (primary N) is 1. The number of primary amides is 1. The van der Waals surface area contributed by atoms with E-state index in [-0.39, 0.29) is 11.9 Å². The van der Waals surface area contributed by atoms with Crippen molar-refractivity contribution < 1.29 is 23.9 Å². The standard InChI is InChI=1S/C27H33N3O5/c1-27(2,3)35-26(33)30-22-14-6-9-17-18(22)10-5-13-21(17)29-24(31)20-12-4-11-19-16(20)8-7-15-23(19)34-25(28)32/h4-5,10-13,22-23H,6-9,14-15H2,1-3H3,(H2,28,32)(H,29,31)(H,30,33)/t22?,23-/m1/s1. The highest BCUT2D eigenvalue weighted by atomic mass is 16.6. The second-order valence-electron chi connectivity index (χ2n) is 10.1. The fourth-order valence-electron chi connectivity index (χ4n) is 5.04. The molecule has 4 rings (SSSR count). The summed E-state index contributed by atoms with van der Waals surface area (Å²) in [6.07, 6.45) is 2.99. The Morgan fingerprint density at radius 1 is 0.943 bits per heavy atom. The molecule has 8 heteroatoms. The van der Waals surface area contributed by atoms with Crippen molar-refractivity contribution in [1.29, 1.82) is 0 Å². The lowest BCUT2D eigenvalue weighted by molar-refractivity contribution is 0.0498. The van der Waals surface area contributed by atoms with Gasteiger partial charge in [0.1, 0.15) is 11.7 Å². The molecule has 0 spiro atoms. The van der Waals surface area contributed by atoms with Crippen LogP contribution in [-0.2, 0) is 22.3 Å². The van der Waals surface area contributed by atoms with Crippen LogP contribution in [0.15, 0.2) is 36.4 Å². The minimum Gasteiger partial charge on any atom is -0.444 e. The van der Waals surface area contributed by atoms with E-state index in [2.05, 4.69) is 10.6 Å². The number of hydrogen-bond acceptors (Lipinski definition) is 5. The SMILES string of the molecule is CC(C)(C)OC(=O)NC1CCCc2c(NC(=O)c3cccc4c3CCC[C@H]4OC(N)=O)cccc21. The highest BCUT2D eigenvalue weighted by molar-refractivity contribution is 6.06. The van der Waals surface area contributed by atoms with E-state index in [0.29, 0.717) is 12.0 Å². The zero-order chi connectivity index (χ0) is 25.2. The van der Waals surface area contributed by atoms with Crippen LogP contribution in [0.25, 0.3) is 0 Å². The summed E-state index contributed by atoms with van der Waals surface area (Å²) in [5.41, 5.74) is 9.70. The minimum atomic E-state index is -0.817. The van der Waals surface area contributed by atoms with Crippen molar-refractivity contribution in [1.82, 2.24) is 5.32 Å². The van der Waals surface area contributed by atoms with Gasteiger partial charge in [0.05, 0.1) is 6.04 Å². The maximum atomic E-state index is 13.4. The summed E-state index contributed by atoms with van der Waals surface area (Å²) in [7, 11) is 0. The third-order valence-corrected chi connectivity index (χ3v) is 6.40. The molecule has 0 bridgehead atoms. The molecule has 2 aromatic rings. The van der Waals surface area contributed by atoms with Crippen molar-refractivity contribution in [3.05, 3.63) is 64.2 Å². The van der Waals surface area contributed by atoms with Crippen LogP contribution in [0.3, 0.4) is 0 Å². The van der Waals surface area contributed by atoms with Gasteiger partial charge in [-0.25, -0.2) is 9.59 Å². The van der Waals surface area contributed by atoms with Crippen LogP contribution in [-0.4, -0.2) is 23.7 Å². The Balaban J connectivity index is 1.56. The van der Waals surface area contributed by atoms with Crippen molar-refractivity contribution in [2.75, 3.05) is 5.32 Å². The topological polar surface area (TPSA) is 120 Å². The van der Waals surface area contributed by atoms with Gasteiger partial charge in [-0.05, 0) is 93.7 Å². The van der Waals surface area contributed by atoms with E-state index < -0.39 is 23.9 Å².